The molecule has 1 heterocycles. The Balaban J connectivity index is 1.62. The lowest BCUT2D eigenvalue weighted by Gasteiger charge is -2.17. The zero-order valence-corrected chi connectivity index (χ0v) is 23.2. The average Bonchev–Trinajstić information content (AvgIpc) is 3.24. The van der Waals surface area contributed by atoms with Crippen molar-refractivity contribution in [3.8, 4) is 0 Å². The Morgan fingerprint density at radius 1 is 1.08 bits per heavy atom. The molecule has 194 valence electrons. The van der Waals surface area contributed by atoms with Crippen LogP contribution in [-0.2, 0) is 27.8 Å². The van der Waals surface area contributed by atoms with Gasteiger partial charge in [0.2, 0.25) is 10.0 Å². The van der Waals surface area contributed by atoms with Crippen LogP contribution in [0, 0.1) is 6.92 Å². The van der Waals surface area contributed by atoms with Gasteiger partial charge in [0.05, 0.1) is 21.7 Å². The summed E-state index contributed by atoms with van der Waals surface area (Å²) in [6.07, 6.45) is 0. The molecule has 0 atom stereocenters. The third-order valence-corrected chi connectivity index (χ3v) is 9.22. The minimum atomic E-state index is -3.72. The standard InChI is InChI=1S/C27H28ClN3O4S2/c1-4-35-17-16-31-25-19(2)23(28)14-15-24(25)36-27(31)29-26(32)21-10-12-22(13-11-21)37(33,34)30(3)18-20-8-6-5-7-9-20/h5-15H,4,16-18H2,1-3H3. The van der Waals surface area contributed by atoms with Gasteiger partial charge in [-0.1, -0.05) is 53.3 Å². The molecule has 0 aliphatic carbocycles. The van der Waals surface area contributed by atoms with E-state index in [0.29, 0.717) is 35.1 Å². The summed E-state index contributed by atoms with van der Waals surface area (Å²) in [5, 5.41) is 0.641. The fraction of sp³-hybridized carbons (Fsp3) is 0.259. The lowest BCUT2D eigenvalue weighted by Crippen LogP contribution is -2.26. The first-order valence-corrected chi connectivity index (χ1v) is 14.4. The van der Waals surface area contributed by atoms with Crippen molar-refractivity contribution in [2.45, 2.75) is 31.8 Å². The van der Waals surface area contributed by atoms with Crippen LogP contribution in [0.1, 0.15) is 28.4 Å². The second-order valence-electron chi connectivity index (χ2n) is 8.44. The van der Waals surface area contributed by atoms with Crippen molar-refractivity contribution < 1.29 is 17.9 Å². The lowest BCUT2D eigenvalue weighted by atomic mass is 10.2. The third kappa shape index (κ3) is 6.02. The van der Waals surface area contributed by atoms with Crippen LogP contribution in [0.25, 0.3) is 10.2 Å². The summed E-state index contributed by atoms with van der Waals surface area (Å²) in [5.74, 6) is -0.456. The van der Waals surface area contributed by atoms with Crippen LogP contribution in [0.15, 0.2) is 76.6 Å². The van der Waals surface area contributed by atoms with E-state index >= 15 is 0 Å². The van der Waals surface area contributed by atoms with Gasteiger partial charge < -0.3 is 9.30 Å². The molecule has 37 heavy (non-hydrogen) atoms. The summed E-state index contributed by atoms with van der Waals surface area (Å²) in [4.78, 5) is 18.1. The Labute approximate surface area is 225 Å². The maximum Gasteiger partial charge on any atom is 0.279 e. The third-order valence-electron chi connectivity index (χ3n) is 5.95. The molecule has 0 bridgehead atoms. The fourth-order valence-electron chi connectivity index (χ4n) is 3.93. The number of carbonyl (C=O) groups is 1. The van der Waals surface area contributed by atoms with E-state index in [1.165, 1.54) is 47.0 Å². The minimum absolute atomic E-state index is 0.112. The molecular formula is C27H28ClN3O4S2. The van der Waals surface area contributed by atoms with Gasteiger partial charge in [-0.15, -0.1) is 0 Å². The molecule has 10 heteroatoms. The van der Waals surface area contributed by atoms with E-state index < -0.39 is 15.9 Å². The van der Waals surface area contributed by atoms with Gasteiger partial charge in [0.15, 0.2) is 4.80 Å². The van der Waals surface area contributed by atoms with Gasteiger partial charge in [0.25, 0.3) is 5.91 Å². The molecule has 1 amide bonds. The fourth-order valence-corrected chi connectivity index (χ4v) is 6.36. The van der Waals surface area contributed by atoms with Gasteiger partial charge in [0, 0.05) is 37.3 Å². The summed E-state index contributed by atoms with van der Waals surface area (Å²) in [6, 6.07) is 19.0. The molecule has 0 radical (unpaired) electrons. The molecule has 0 saturated carbocycles. The number of hydrogen-bond acceptors (Lipinski definition) is 5. The van der Waals surface area contributed by atoms with Gasteiger partial charge in [-0.2, -0.15) is 9.30 Å². The van der Waals surface area contributed by atoms with Gasteiger partial charge in [-0.05, 0) is 61.4 Å². The molecule has 0 spiro atoms. The van der Waals surface area contributed by atoms with E-state index in [-0.39, 0.29) is 11.4 Å². The Hall–Kier alpha value is -2.82. The Morgan fingerprint density at radius 3 is 2.46 bits per heavy atom. The number of halogens is 1. The number of nitrogens with zero attached hydrogens (tertiary/aromatic N) is 3. The highest BCUT2D eigenvalue weighted by molar-refractivity contribution is 7.89. The van der Waals surface area contributed by atoms with Crippen molar-refractivity contribution in [2.75, 3.05) is 20.3 Å². The Morgan fingerprint density at radius 2 is 1.78 bits per heavy atom. The molecule has 0 aliphatic rings. The number of hydrogen-bond donors (Lipinski definition) is 0. The summed E-state index contributed by atoms with van der Waals surface area (Å²) < 4.78 is 35.8. The summed E-state index contributed by atoms with van der Waals surface area (Å²) in [7, 11) is -2.19. The van der Waals surface area contributed by atoms with Crippen molar-refractivity contribution in [2.24, 2.45) is 4.99 Å². The largest absolute Gasteiger partial charge is 0.380 e. The van der Waals surface area contributed by atoms with Crippen molar-refractivity contribution in [1.82, 2.24) is 8.87 Å². The number of aryl methyl sites for hydroxylation is 1. The molecule has 0 N–H and O–H groups in total. The van der Waals surface area contributed by atoms with Crippen LogP contribution in [0.4, 0.5) is 0 Å². The minimum Gasteiger partial charge on any atom is -0.380 e. The maximum absolute atomic E-state index is 13.1. The normalized spacial score (nSPS) is 12.5. The van der Waals surface area contributed by atoms with Crippen molar-refractivity contribution >= 4 is 49.1 Å². The second-order valence-corrected chi connectivity index (χ2v) is 11.9. The summed E-state index contributed by atoms with van der Waals surface area (Å²) >= 11 is 7.76. The number of rotatable bonds is 9. The van der Waals surface area contributed by atoms with E-state index in [4.69, 9.17) is 16.3 Å². The quantitative estimate of drug-likeness (QED) is 0.263. The van der Waals surface area contributed by atoms with Crippen molar-refractivity contribution in [3.05, 3.63) is 93.2 Å². The van der Waals surface area contributed by atoms with Crippen molar-refractivity contribution in [1.29, 1.82) is 0 Å². The summed E-state index contributed by atoms with van der Waals surface area (Å²) in [6.45, 7) is 5.69. The highest BCUT2D eigenvalue weighted by Gasteiger charge is 2.21. The molecule has 7 nitrogen and oxygen atoms in total. The molecule has 0 aliphatic heterocycles. The summed E-state index contributed by atoms with van der Waals surface area (Å²) in [5.41, 5.74) is 3.02. The zero-order chi connectivity index (χ0) is 26.6. The SMILES string of the molecule is CCOCCn1c(=NC(=O)c2ccc(S(=O)(=O)N(C)Cc3ccccc3)cc2)sc2ccc(Cl)c(C)c21. The molecular weight excluding hydrogens is 530 g/mol. The first-order chi connectivity index (χ1) is 17.7. The molecule has 0 unspecified atom stereocenters. The molecule has 0 fully saturated rings. The lowest BCUT2D eigenvalue weighted by molar-refractivity contribution is 0.0996. The number of amides is 1. The number of sulfonamides is 1. The number of benzene rings is 3. The van der Waals surface area contributed by atoms with Gasteiger partial charge in [-0.3, -0.25) is 4.79 Å². The highest BCUT2D eigenvalue weighted by Crippen LogP contribution is 2.27. The highest BCUT2D eigenvalue weighted by atomic mass is 35.5. The van der Waals surface area contributed by atoms with Gasteiger partial charge >= 0.3 is 0 Å². The van der Waals surface area contributed by atoms with Crippen LogP contribution in [0.2, 0.25) is 5.02 Å². The predicted molar refractivity (Wildman–Crippen MR) is 147 cm³/mol. The number of thiazole rings is 1. The molecule has 4 rings (SSSR count). The van der Waals surface area contributed by atoms with Gasteiger partial charge in [0.1, 0.15) is 0 Å². The van der Waals surface area contributed by atoms with Crippen LogP contribution >= 0.6 is 22.9 Å². The molecule has 0 saturated heterocycles. The predicted octanol–water partition coefficient (Wildman–Crippen LogP) is 5.26. The number of fused-ring (bicyclic) bond motifs is 1. The van der Waals surface area contributed by atoms with E-state index in [0.717, 1.165) is 21.3 Å². The Bertz CT molecular complexity index is 1580. The smallest absolute Gasteiger partial charge is 0.279 e. The monoisotopic (exact) mass is 557 g/mol. The first kappa shape index (κ1) is 27.2. The van der Waals surface area contributed by atoms with Crippen LogP contribution < -0.4 is 4.80 Å². The van der Waals surface area contributed by atoms with E-state index in [1.807, 2.05) is 60.9 Å². The number of aromatic nitrogens is 1. The van der Waals surface area contributed by atoms with Crippen LogP contribution in [0.3, 0.4) is 0 Å². The topological polar surface area (TPSA) is 81.0 Å². The van der Waals surface area contributed by atoms with Crippen LogP contribution in [-0.4, -0.2) is 43.5 Å². The van der Waals surface area contributed by atoms with Crippen LogP contribution in [0.5, 0.6) is 0 Å². The number of carbonyl (C=O) groups excluding carboxylic acids is 1. The molecule has 4 aromatic rings. The van der Waals surface area contributed by atoms with Gasteiger partial charge in [-0.25, -0.2) is 8.42 Å². The maximum atomic E-state index is 13.1. The van der Waals surface area contributed by atoms with E-state index in [2.05, 4.69) is 4.99 Å². The number of ether oxygens (including phenoxy) is 1. The van der Waals surface area contributed by atoms with E-state index in [9.17, 15) is 13.2 Å². The van der Waals surface area contributed by atoms with Crippen molar-refractivity contribution in [3.63, 3.8) is 0 Å². The molecule has 1 aromatic heterocycles. The Kier molecular flexibility index (Phi) is 8.61. The van der Waals surface area contributed by atoms with E-state index in [1.54, 1.807) is 0 Å². The zero-order valence-electron chi connectivity index (χ0n) is 20.8. The molecule has 3 aromatic carbocycles. The average molecular weight is 558 g/mol. The second kappa shape index (κ2) is 11.7. The first-order valence-electron chi connectivity index (χ1n) is 11.8.